The second-order valence-electron chi connectivity index (χ2n) is 5.82. The van der Waals surface area contributed by atoms with Gasteiger partial charge in [-0.3, -0.25) is 4.79 Å². The number of hydrogen-bond acceptors (Lipinski definition) is 5. The van der Waals surface area contributed by atoms with Crippen LogP contribution in [0.1, 0.15) is 48.6 Å². The van der Waals surface area contributed by atoms with E-state index >= 15 is 0 Å². The molecule has 0 aromatic carbocycles. The zero-order chi connectivity index (χ0) is 14.9. The van der Waals surface area contributed by atoms with E-state index in [1.807, 2.05) is 0 Å². The molecule has 1 saturated heterocycles. The zero-order valence-electron chi connectivity index (χ0n) is 11.9. The Kier molecular flexibility index (Phi) is 3.97. The van der Waals surface area contributed by atoms with Gasteiger partial charge in [0.25, 0.3) is 5.91 Å². The monoisotopic (exact) mass is 312 g/mol. The van der Waals surface area contributed by atoms with E-state index < -0.39 is 9.84 Å². The van der Waals surface area contributed by atoms with Gasteiger partial charge in [0, 0.05) is 13.1 Å². The molecule has 116 valence electrons. The van der Waals surface area contributed by atoms with Crippen LogP contribution in [0.15, 0.2) is 6.20 Å². The van der Waals surface area contributed by atoms with Crippen molar-refractivity contribution < 1.29 is 13.2 Å². The summed E-state index contributed by atoms with van der Waals surface area (Å²) >= 11 is 0. The summed E-state index contributed by atoms with van der Waals surface area (Å²) in [7, 11) is -2.98. The van der Waals surface area contributed by atoms with E-state index in [-0.39, 0.29) is 30.5 Å². The van der Waals surface area contributed by atoms with Gasteiger partial charge in [0.05, 0.1) is 23.7 Å². The molecule has 1 aliphatic heterocycles. The molecule has 1 amide bonds. The van der Waals surface area contributed by atoms with Crippen molar-refractivity contribution in [2.24, 2.45) is 0 Å². The number of amides is 1. The minimum absolute atomic E-state index is 0.0372. The normalized spacial score (nSPS) is 23.1. The maximum absolute atomic E-state index is 12.3. The van der Waals surface area contributed by atoms with Crippen molar-refractivity contribution in [2.75, 3.05) is 24.6 Å². The topological polar surface area (TPSA) is 85.2 Å². The highest BCUT2D eigenvalue weighted by molar-refractivity contribution is 7.91. The van der Waals surface area contributed by atoms with Crippen LogP contribution in [-0.4, -0.2) is 58.8 Å². The first-order valence-corrected chi connectivity index (χ1v) is 9.29. The van der Waals surface area contributed by atoms with Gasteiger partial charge in [-0.2, -0.15) is 0 Å². The first kappa shape index (κ1) is 14.5. The predicted molar refractivity (Wildman–Crippen MR) is 76.7 cm³/mol. The van der Waals surface area contributed by atoms with Crippen LogP contribution in [0.3, 0.4) is 0 Å². The number of aromatic nitrogens is 3. The van der Waals surface area contributed by atoms with Crippen LogP contribution in [0.2, 0.25) is 0 Å². The molecular formula is C13H20N4O3S. The Morgan fingerprint density at radius 1 is 1.14 bits per heavy atom. The number of nitrogens with zero attached hydrogens (tertiary/aromatic N) is 4. The third kappa shape index (κ3) is 3.25. The summed E-state index contributed by atoms with van der Waals surface area (Å²) in [6.07, 6.45) is 7.52. The summed E-state index contributed by atoms with van der Waals surface area (Å²) < 4.78 is 24.6. The van der Waals surface area contributed by atoms with Gasteiger partial charge in [-0.05, 0) is 12.8 Å². The Balaban J connectivity index is 1.67. The van der Waals surface area contributed by atoms with Crippen LogP contribution in [0, 0.1) is 0 Å². The zero-order valence-corrected chi connectivity index (χ0v) is 12.8. The molecular weight excluding hydrogens is 292 g/mol. The van der Waals surface area contributed by atoms with Crippen LogP contribution in [0.5, 0.6) is 0 Å². The van der Waals surface area contributed by atoms with E-state index in [0.29, 0.717) is 11.7 Å². The van der Waals surface area contributed by atoms with E-state index in [9.17, 15) is 13.2 Å². The number of rotatable bonds is 2. The molecule has 0 unspecified atom stereocenters. The number of carbonyl (C=O) groups excluding carboxylic acids is 1. The largest absolute Gasteiger partial charge is 0.335 e. The quantitative estimate of drug-likeness (QED) is 0.800. The minimum Gasteiger partial charge on any atom is -0.335 e. The third-order valence-electron chi connectivity index (χ3n) is 4.31. The fraction of sp³-hybridized carbons (Fsp3) is 0.769. The summed E-state index contributed by atoms with van der Waals surface area (Å²) in [5.41, 5.74) is 0.319. The molecule has 1 aliphatic carbocycles. The lowest BCUT2D eigenvalue weighted by atomic mass is 9.96. The highest BCUT2D eigenvalue weighted by atomic mass is 32.2. The van der Waals surface area contributed by atoms with E-state index in [4.69, 9.17) is 0 Å². The van der Waals surface area contributed by atoms with Crippen LogP contribution in [0.25, 0.3) is 0 Å². The molecule has 7 nitrogen and oxygen atoms in total. The lowest BCUT2D eigenvalue weighted by Crippen LogP contribution is -2.43. The lowest BCUT2D eigenvalue weighted by Gasteiger charge is -2.25. The molecule has 0 atom stereocenters. The van der Waals surface area contributed by atoms with E-state index in [1.54, 1.807) is 15.8 Å². The second-order valence-corrected chi connectivity index (χ2v) is 8.12. The van der Waals surface area contributed by atoms with E-state index in [2.05, 4.69) is 10.3 Å². The van der Waals surface area contributed by atoms with Crippen LogP contribution >= 0.6 is 0 Å². The number of hydrogen-bond donors (Lipinski definition) is 0. The first-order valence-electron chi connectivity index (χ1n) is 7.47. The molecule has 3 rings (SSSR count). The van der Waals surface area contributed by atoms with Gasteiger partial charge in [0.15, 0.2) is 15.5 Å². The SMILES string of the molecule is O=C(c1cn(C2CCCCC2)nn1)N1CCS(=O)(=O)CC1. The molecule has 2 fully saturated rings. The Hall–Kier alpha value is -1.44. The fourth-order valence-corrected chi connectivity index (χ4v) is 4.18. The highest BCUT2D eigenvalue weighted by Gasteiger charge is 2.28. The van der Waals surface area contributed by atoms with Crippen molar-refractivity contribution in [3.05, 3.63) is 11.9 Å². The van der Waals surface area contributed by atoms with Gasteiger partial charge in [0.2, 0.25) is 0 Å². The van der Waals surface area contributed by atoms with E-state index in [1.165, 1.54) is 19.3 Å². The number of sulfone groups is 1. The standard InChI is InChI=1S/C13H20N4O3S/c18-13(16-6-8-21(19,20)9-7-16)12-10-17(15-14-12)11-4-2-1-3-5-11/h10-11H,1-9H2. The molecule has 0 spiro atoms. The van der Waals surface area contributed by atoms with Gasteiger partial charge in [-0.15, -0.1) is 5.10 Å². The average Bonchev–Trinajstić information content (AvgIpc) is 2.97. The Morgan fingerprint density at radius 2 is 1.81 bits per heavy atom. The Labute approximate surface area is 124 Å². The van der Waals surface area contributed by atoms with Gasteiger partial charge in [-0.25, -0.2) is 13.1 Å². The average molecular weight is 312 g/mol. The molecule has 2 aliphatic rings. The van der Waals surface area contributed by atoms with Gasteiger partial charge in [0.1, 0.15) is 0 Å². The summed E-state index contributed by atoms with van der Waals surface area (Å²) in [6, 6.07) is 0.342. The summed E-state index contributed by atoms with van der Waals surface area (Å²) in [6.45, 7) is 0.495. The van der Waals surface area contributed by atoms with Crippen molar-refractivity contribution in [1.29, 1.82) is 0 Å². The third-order valence-corrected chi connectivity index (χ3v) is 5.92. The molecule has 2 heterocycles. The Bertz CT molecular complexity index is 605. The second kappa shape index (κ2) is 5.75. The van der Waals surface area contributed by atoms with Crippen LogP contribution < -0.4 is 0 Å². The molecule has 1 aromatic rings. The molecule has 0 N–H and O–H groups in total. The maximum atomic E-state index is 12.3. The highest BCUT2D eigenvalue weighted by Crippen LogP contribution is 2.27. The predicted octanol–water partition coefficient (Wildman–Crippen LogP) is 0.654. The van der Waals surface area contributed by atoms with Crippen molar-refractivity contribution >= 4 is 15.7 Å². The lowest BCUT2D eigenvalue weighted by molar-refractivity contribution is 0.0764. The molecule has 0 radical (unpaired) electrons. The molecule has 1 aromatic heterocycles. The summed E-state index contributed by atoms with van der Waals surface area (Å²) in [5, 5.41) is 8.06. The minimum atomic E-state index is -2.98. The Morgan fingerprint density at radius 3 is 2.48 bits per heavy atom. The first-order chi connectivity index (χ1) is 10.1. The smallest absolute Gasteiger partial charge is 0.276 e. The van der Waals surface area contributed by atoms with E-state index in [0.717, 1.165) is 12.8 Å². The molecule has 21 heavy (non-hydrogen) atoms. The van der Waals surface area contributed by atoms with Crippen molar-refractivity contribution in [3.8, 4) is 0 Å². The summed E-state index contributed by atoms with van der Waals surface area (Å²) in [5.74, 6) is -0.141. The van der Waals surface area contributed by atoms with Gasteiger partial charge < -0.3 is 4.90 Å². The van der Waals surface area contributed by atoms with Crippen molar-refractivity contribution in [1.82, 2.24) is 19.9 Å². The van der Waals surface area contributed by atoms with Gasteiger partial charge in [-0.1, -0.05) is 24.5 Å². The molecule has 1 saturated carbocycles. The summed E-state index contributed by atoms with van der Waals surface area (Å²) in [4.78, 5) is 13.9. The van der Waals surface area contributed by atoms with Crippen molar-refractivity contribution in [3.63, 3.8) is 0 Å². The maximum Gasteiger partial charge on any atom is 0.276 e. The molecule has 8 heteroatoms. The fourth-order valence-electron chi connectivity index (χ4n) is 2.98. The van der Waals surface area contributed by atoms with Crippen LogP contribution in [0.4, 0.5) is 0 Å². The van der Waals surface area contributed by atoms with Crippen LogP contribution in [-0.2, 0) is 9.84 Å². The van der Waals surface area contributed by atoms with Gasteiger partial charge >= 0.3 is 0 Å². The number of carbonyl (C=O) groups is 1. The molecule has 0 bridgehead atoms. The van der Waals surface area contributed by atoms with Crippen molar-refractivity contribution in [2.45, 2.75) is 38.1 Å².